The molecule has 0 saturated carbocycles. The van der Waals surface area contributed by atoms with Gasteiger partial charge in [-0.15, -0.1) is 0 Å². The van der Waals surface area contributed by atoms with Crippen LogP contribution in [-0.4, -0.2) is 16.4 Å². The monoisotopic (exact) mass is 230 g/mol. The summed E-state index contributed by atoms with van der Waals surface area (Å²) in [6, 6.07) is 18.9. The predicted octanol–water partition coefficient (Wildman–Crippen LogP) is 3.88. The lowest BCUT2D eigenvalue weighted by Crippen LogP contribution is -1.81. The number of carboxylic acid groups (broad SMARTS) is 2. The number of benzene rings is 2. The van der Waals surface area contributed by atoms with Crippen molar-refractivity contribution in [3.05, 3.63) is 60.2 Å². The normalized spacial score (nSPS) is 9.00. The SMILES string of the molecule is Cc1ccccc1-c1ccccc1.O=C(O)O. The van der Waals surface area contributed by atoms with Crippen molar-refractivity contribution < 1.29 is 15.0 Å². The lowest BCUT2D eigenvalue weighted by molar-refractivity contribution is 0.137. The van der Waals surface area contributed by atoms with E-state index in [1.165, 1.54) is 16.7 Å². The van der Waals surface area contributed by atoms with Crippen LogP contribution >= 0.6 is 0 Å². The van der Waals surface area contributed by atoms with Crippen LogP contribution in [0.2, 0.25) is 0 Å². The molecule has 0 aliphatic heterocycles. The Morgan fingerprint density at radius 2 is 1.35 bits per heavy atom. The minimum Gasteiger partial charge on any atom is -0.450 e. The first-order valence-electron chi connectivity index (χ1n) is 5.14. The van der Waals surface area contributed by atoms with Crippen molar-refractivity contribution in [3.63, 3.8) is 0 Å². The maximum atomic E-state index is 8.56. The lowest BCUT2D eigenvalue weighted by atomic mass is 10.0. The molecule has 0 heterocycles. The smallest absolute Gasteiger partial charge is 0.450 e. The molecule has 0 aliphatic carbocycles. The fraction of sp³-hybridized carbons (Fsp3) is 0.0714. The van der Waals surface area contributed by atoms with Crippen LogP contribution in [0.15, 0.2) is 54.6 Å². The molecular weight excluding hydrogens is 216 g/mol. The van der Waals surface area contributed by atoms with Crippen LogP contribution in [0, 0.1) is 6.92 Å². The third-order valence-electron chi connectivity index (χ3n) is 2.23. The van der Waals surface area contributed by atoms with E-state index >= 15 is 0 Å². The van der Waals surface area contributed by atoms with Crippen LogP contribution in [-0.2, 0) is 0 Å². The van der Waals surface area contributed by atoms with Crippen LogP contribution in [0.4, 0.5) is 4.79 Å². The summed E-state index contributed by atoms with van der Waals surface area (Å²) in [6.07, 6.45) is -1.83. The minimum absolute atomic E-state index is 1.29. The maximum absolute atomic E-state index is 8.56. The molecular formula is C14H14O3. The van der Waals surface area contributed by atoms with E-state index in [0.717, 1.165) is 0 Å². The average Bonchev–Trinajstić information content (AvgIpc) is 2.30. The quantitative estimate of drug-likeness (QED) is 0.781. The van der Waals surface area contributed by atoms with E-state index in [9.17, 15) is 0 Å². The molecule has 3 heteroatoms. The van der Waals surface area contributed by atoms with Gasteiger partial charge in [0.15, 0.2) is 0 Å². The maximum Gasteiger partial charge on any atom is 0.503 e. The molecule has 0 bridgehead atoms. The molecule has 2 rings (SSSR count). The second-order valence-corrected chi connectivity index (χ2v) is 3.46. The summed E-state index contributed by atoms with van der Waals surface area (Å²) in [5.74, 6) is 0. The molecule has 2 N–H and O–H groups in total. The Labute approximate surface area is 100.0 Å². The number of hydrogen-bond donors (Lipinski definition) is 2. The summed E-state index contributed by atoms with van der Waals surface area (Å²) in [4.78, 5) is 8.56. The fourth-order valence-corrected chi connectivity index (χ4v) is 1.51. The predicted molar refractivity (Wildman–Crippen MR) is 67.3 cm³/mol. The second kappa shape index (κ2) is 6.33. The van der Waals surface area contributed by atoms with Crippen LogP contribution in [0.5, 0.6) is 0 Å². The van der Waals surface area contributed by atoms with Crippen LogP contribution in [0.3, 0.4) is 0 Å². The van der Waals surface area contributed by atoms with E-state index in [1.807, 2.05) is 6.07 Å². The van der Waals surface area contributed by atoms with Crippen LogP contribution < -0.4 is 0 Å². The van der Waals surface area contributed by atoms with E-state index in [1.54, 1.807) is 0 Å². The molecule has 0 fully saturated rings. The van der Waals surface area contributed by atoms with E-state index in [-0.39, 0.29) is 0 Å². The Bertz CT molecular complexity index is 474. The van der Waals surface area contributed by atoms with Gasteiger partial charge in [-0.1, -0.05) is 54.6 Å². The van der Waals surface area contributed by atoms with Crippen molar-refractivity contribution in [2.75, 3.05) is 0 Å². The van der Waals surface area contributed by atoms with Crippen molar-refractivity contribution in [1.82, 2.24) is 0 Å². The first-order valence-corrected chi connectivity index (χ1v) is 5.14. The molecule has 17 heavy (non-hydrogen) atoms. The van der Waals surface area contributed by atoms with Crippen molar-refractivity contribution in [1.29, 1.82) is 0 Å². The van der Waals surface area contributed by atoms with Crippen molar-refractivity contribution >= 4 is 6.16 Å². The summed E-state index contributed by atoms with van der Waals surface area (Å²) >= 11 is 0. The van der Waals surface area contributed by atoms with Gasteiger partial charge < -0.3 is 10.2 Å². The zero-order valence-electron chi connectivity index (χ0n) is 9.50. The minimum atomic E-state index is -1.83. The zero-order valence-corrected chi connectivity index (χ0v) is 9.50. The van der Waals surface area contributed by atoms with E-state index in [4.69, 9.17) is 15.0 Å². The molecule has 88 valence electrons. The van der Waals surface area contributed by atoms with Gasteiger partial charge in [0, 0.05) is 0 Å². The third-order valence-corrected chi connectivity index (χ3v) is 2.23. The molecule has 2 aromatic rings. The van der Waals surface area contributed by atoms with Gasteiger partial charge in [0.25, 0.3) is 0 Å². The van der Waals surface area contributed by atoms with Gasteiger partial charge in [-0.05, 0) is 23.6 Å². The van der Waals surface area contributed by atoms with E-state index < -0.39 is 6.16 Å². The number of hydrogen-bond acceptors (Lipinski definition) is 1. The molecule has 0 aliphatic rings. The highest BCUT2D eigenvalue weighted by molar-refractivity contribution is 5.66. The molecule has 0 amide bonds. The highest BCUT2D eigenvalue weighted by Gasteiger charge is 1.97. The zero-order chi connectivity index (χ0) is 12.7. The van der Waals surface area contributed by atoms with E-state index in [2.05, 4.69) is 55.5 Å². The van der Waals surface area contributed by atoms with Crippen LogP contribution in [0.25, 0.3) is 11.1 Å². The number of carbonyl (C=O) groups is 1. The van der Waals surface area contributed by atoms with Gasteiger partial charge in [-0.25, -0.2) is 4.79 Å². The first kappa shape index (κ1) is 12.8. The molecule has 0 radical (unpaired) electrons. The molecule has 0 atom stereocenters. The Hall–Kier alpha value is -2.29. The summed E-state index contributed by atoms with van der Waals surface area (Å²) < 4.78 is 0. The molecule has 0 saturated heterocycles. The number of aryl methyl sites for hydroxylation is 1. The Morgan fingerprint density at radius 1 is 0.882 bits per heavy atom. The molecule has 0 spiro atoms. The van der Waals surface area contributed by atoms with Gasteiger partial charge in [-0.2, -0.15) is 0 Å². The molecule has 0 aromatic heterocycles. The molecule has 0 unspecified atom stereocenters. The summed E-state index contributed by atoms with van der Waals surface area (Å²) in [5.41, 5.74) is 3.94. The standard InChI is InChI=1S/C13H12.CH2O3/c1-11-7-5-6-10-13(11)12-8-3-2-4-9-12;2-1(3)4/h2-10H,1H3;(H2,2,3,4). The second-order valence-electron chi connectivity index (χ2n) is 3.46. The van der Waals surface area contributed by atoms with Gasteiger partial charge in [0.1, 0.15) is 0 Å². The van der Waals surface area contributed by atoms with Crippen molar-refractivity contribution in [3.8, 4) is 11.1 Å². The van der Waals surface area contributed by atoms with Crippen LogP contribution in [0.1, 0.15) is 5.56 Å². The molecule has 2 aromatic carbocycles. The number of rotatable bonds is 1. The highest BCUT2D eigenvalue weighted by Crippen LogP contribution is 2.21. The van der Waals surface area contributed by atoms with Gasteiger partial charge in [-0.3, -0.25) is 0 Å². The van der Waals surface area contributed by atoms with Gasteiger partial charge in [0.2, 0.25) is 0 Å². The Kier molecular flexibility index (Phi) is 4.76. The largest absolute Gasteiger partial charge is 0.503 e. The highest BCUT2D eigenvalue weighted by atomic mass is 16.6. The van der Waals surface area contributed by atoms with Crippen molar-refractivity contribution in [2.45, 2.75) is 6.92 Å². The van der Waals surface area contributed by atoms with Gasteiger partial charge in [0.05, 0.1) is 0 Å². The lowest BCUT2D eigenvalue weighted by Gasteiger charge is -2.04. The Balaban J connectivity index is 0.000000317. The van der Waals surface area contributed by atoms with E-state index in [0.29, 0.717) is 0 Å². The summed E-state index contributed by atoms with van der Waals surface area (Å²) in [5, 5.41) is 13.9. The first-order chi connectivity index (χ1) is 8.11. The third kappa shape index (κ3) is 4.38. The summed E-state index contributed by atoms with van der Waals surface area (Å²) in [6.45, 7) is 2.14. The molecule has 3 nitrogen and oxygen atoms in total. The van der Waals surface area contributed by atoms with Crippen molar-refractivity contribution in [2.24, 2.45) is 0 Å². The Morgan fingerprint density at radius 3 is 1.88 bits per heavy atom. The fourth-order valence-electron chi connectivity index (χ4n) is 1.51. The summed E-state index contributed by atoms with van der Waals surface area (Å²) in [7, 11) is 0. The average molecular weight is 230 g/mol. The van der Waals surface area contributed by atoms with Gasteiger partial charge >= 0.3 is 6.16 Å². The topological polar surface area (TPSA) is 57.5 Å².